The van der Waals surface area contributed by atoms with E-state index in [0.717, 1.165) is 22.4 Å². The lowest BCUT2D eigenvalue weighted by atomic mass is 9.98. The first kappa shape index (κ1) is 15.4. The zero-order valence-corrected chi connectivity index (χ0v) is 11.7. The molecule has 0 bridgehead atoms. The van der Waals surface area contributed by atoms with Crippen molar-refractivity contribution in [1.29, 1.82) is 0 Å². The van der Waals surface area contributed by atoms with Gasteiger partial charge in [0.25, 0.3) is 0 Å². The van der Waals surface area contributed by atoms with Crippen LogP contribution in [0, 0.1) is 0 Å². The largest absolute Gasteiger partial charge is 0.288 e. The van der Waals surface area contributed by atoms with E-state index in [1.54, 1.807) is 13.1 Å². The van der Waals surface area contributed by atoms with Crippen molar-refractivity contribution in [2.75, 3.05) is 7.05 Å². The average Bonchev–Trinajstić information content (AvgIpc) is 2.26. The van der Waals surface area contributed by atoms with E-state index in [2.05, 4.69) is 44.1 Å². The molecular formula is C16H23N. The summed E-state index contributed by atoms with van der Waals surface area (Å²) in [6.07, 6.45) is 7.87. The van der Waals surface area contributed by atoms with Gasteiger partial charge in [0, 0.05) is 7.05 Å². The number of nitrogens with zero attached hydrogens (tertiary/aromatic N) is 1. The predicted octanol–water partition coefficient (Wildman–Crippen LogP) is 4.66. The van der Waals surface area contributed by atoms with E-state index in [-0.39, 0.29) is 0 Å². The Morgan fingerprint density at radius 2 is 1.53 bits per heavy atom. The minimum atomic E-state index is 0.931. The first-order valence-corrected chi connectivity index (χ1v) is 5.72. The fraction of sp³-hybridized carbons (Fsp3) is 0.312. The third-order valence-electron chi connectivity index (χ3n) is 2.39. The molecule has 0 rings (SSSR count). The molecule has 0 heterocycles. The Labute approximate surface area is 106 Å². The number of aliphatic imine (C=N–C) groups is 1. The third-order valence-corrected chi connectivity index (χ3v) is 2.39. The molecule has 0 saturated carbocycles. The SMILES string of the molecule is C=C/C=C(\C)C(=NC)C(=C)/C(C)=C\C=C(C)C. The lowest BCUT2D eigenvalue weighted by Crippen LogP contribution is -2.04. The summed E-state index contributed by atoms with van der Waals surface area (Å²) in [5, 5.41) is 0. The Kier molecular flexibility index (Phi) is 6.88. The number of hydrogen-bond donors (Lipinski definition) is 0. The lowest BCUT2D eigenvalue weighted by Gasteiger charge is -2.09. The van der Waals surface area contributed by atoms with Crippen molar-refractivity contribution in [3.8, 4) is 0 Å². The first-order chi connectivity index (χ1) is 7.93. The van der Waals surface area contributed by atoms with Gasteiger partial charge in [0.1, 0.15) is 0 Å². The van der Waals surface area contributed by atoms with Crippen molar-refractivity contribution in [2.45, 2.75) is 27.7 Å². The molecule has 0 aromatic rings. The number of allylic oxidation sites excluding steroid dienone is 8. The molecule has 1 heteroatoms. The van der Waals surface area contributed by atoms with Gasteiger partial charge in [-0.15, -0.1) is 0 Å². The zero-order valence-electron chi connectivity index (χ0n) is 11.7. The molecule has 0 aliphatic rings. The summed E-state index contributed by atoms with van der Waals surface area (Å²) in [5.41, 5.74) is 5.37. The fourth-order valence-corrected chi connectivity index (χ4v) is 1.38. The van der Waals surface area contributed by atoms with E-state index in [1.165, 1.54) is 5.57 Å². The molecule has 0 fully saturated rings. The number of hydrogen-bond acceptors (Lipinski definition) is 1. The van der Waals surface area contributed by atoms with Crippen LogP contribution in [-0.2, 0) is 0 Å². The van der Waals surface area contributed by atoms with Gasteiger partial charge in [0.15, 0.2) is 0 Å². The van der Waals surface area contributed by atoms with Crippen molar-refractivity contribution in [3.63, 3.8) is 0 Å². The van der Waals surface area contributed by atoms with Gasteiger partial charge in [-0.1, -0.05) is 43.0 Å². The predicted molar refractivity (Wildman–Crippen MR) is 79.6 cm³/mol. The molecule has 0 saturated heterocycles. The zero-order chi connectivity index (χ0) is 13.4. The molecule has 0 aliphatic carbocycles. The van der Waals surface area contributed by atoms with Crippen LogP contribution in [0.3, 0.4) is 0 Å². The van der Waals surface area contributed by atoms with E-state index in [1.807, 2.05) is 19.9 Å². The molecule has 92 valence electrons. The molecule has 0 spiro atoms. The molecule has 0 atom stereocenters. The maximum absolute atomic E-state index is 4.29. The second-order valence-corrected chi connectivity index (χ2v) is 4.23. The highest BCUT2D eigenvalue weighted by atomic mass is 14.7. The Bertz CT molecular complexity index is 411. The standard InChI is InChI=1S/C16H23N/c1-8-9-14(5)16(17-7)15(6)13(4)11-10-12(2)3/h8-11H,1,6H2,2-5,7H3/b13-11-,14-9+,17-16?. The lowest BCUT2D eigenvalue weighted by molar-refractivity contribution is 1.35. The molecule has 0 N–H and O–H groups in total. The number of rotatable bonds is 5. The Morgan fingerprint density at radius 1 is 0.941 bits per heavy atom. The van der Waals surface area contributed by atoms with Crippen LogP contribution in [0.15, 0.2) is 64.7 Å². The second-order valence-electron chi connectivity index (χ2n) is 4.23. The van der Waals surface area contributed by atoms with Gasteiger partial charge < -0.3 is 0 Å². The highest BCUT2D eigenvalue weighted by Crippen LogP contribution is 2.15. The molecule has 0 radical (unpaired) electrons. The normalized spacial score (nSPS) is 13.4. The fourth-order valence-electron chi connectivity index (χ4n) is 1.38. The van der Waals surface area contributed by atoms with Crippen molar-refractivity contribution in [3.05, 3.63) is 59.8 Å². The van der Waals surface area contributed by atoms with E-state index in [9.17, 15) is 0 Å². The molecule has 0 aromatic carbocycles. The quantitative estimate of drug-likeness (QED) is 0.480. The highest BCUT2D eigenvalue weighted by Gasteiger charge is 2.06. The van der Waals surface area contributed by atoms with Gasteiger partial charge in [-0.05, 0) is 44.4 Å². The van der Waals surface area contributed by atoms with Crippen molar-refractivity contribution in [1.82, 2.24) is 0 Å². The summed E-state index contributed by atoms with van der Waals surface area (Å²) in [7, 11) is 1.79. The summed E-state index contributed by atoms with van der Waals surface area (Å²) < 4.78 is 0. The molecule has 0 aromatic heterocycles. The van der Waals surface area contributed by atoms with Crippen molar-refractivity contribution >= 4 is 5.71 Å². The van der Waals surface area contributed by atoms with Gasteiger partial charge >= 0.3 is 0 Å². The Morgan fingerprint density at radius 3 is 1.94 bits per heavy atom. The molecule has 17 heavy (non-hydrogen) atoms. The minimum absolute atomic E-state index is 0.931. The topological polar surface area (TPSA) is 12.4 Å². The van der Waals surface area contributed by atoms with Crippen LogP contribution in [0.25, 0.3) is 0 Å². The van der Waals surface area contributed by atoms with Crippen LogP contribution < -0.4 is 0 Å². The minimum Gasteiger partial charge on any atom is -0.288 e. The smallest absolute Gasteiger partial charge is 0.0668 e. The summed E-state index contributed by atoms with van der Waals surface area (Å²) in [6, 6.07) is 0. The van der Waals surface area contributed by atoms with Gasteiger partial charge in [0.2, 0.25) is 0 Å². The molecule has 0 amide bonds. The second kappa shape index (κ2) is 7.61. The summed E-state index contributed by atoms with van der Waals surface area (Å²) in [5.74, 6) is 0. The van der Waals surface area contributed by atoms with Crippen LogP contribution in [0.1, 0.15) is 27.7 Å². The Balaban J connectivity index is 5.16. The monoisotopic (exact) mass is 229 g/mol. The summed E-state index contributed by atoms with van der Waals surface area (Å²) in [6.45, 7) is 16.0. The molecule has 0 aliphatic heterocycles. The van der Waals surface area contributed by atoms with Gasteiger partial charge in [-0.3, -0.25) is 4.99 Å². The molecule has 1 nitrogen and oxygen atoms in total. The van der Waals surface area contributed by atoms with Crippen molar-refractivity contribution in [2.24, 2.45) is 4.99 Å². The van der Waals surface area contributed by atoms with Crippen LogP contribution in [0.4, 0.5) is 0 Å². The average molecular weight is 229 g/mol. The van der Waals surface area contributed by atoms with Crippen LogP contribution in [-0.4, -0.2) is 12.8 Å². The molecule has 0 unspecified atom stereocenters. The third kappa shape index (κ3) is 5.30. The van der Waals surface area contributed by atoms with E-state index in [4.69, 9.17) is 0 Å². The van der Waals surface area contributed by atoms with Crippen molar-refractivity contribution < 1.29 is 0 Å². The molecular weight excluding hydrogens is 206 g/mol. The van der Waals surface area contributed by atoms with E-state index < -0.39 is 0 Å². The maximum atomic E-state index is 4.29. The van der Waals surface area contributed by atoms with E-state index >= 15 is 0 Å². The summed E-state index contributed by atoms with van der Waals surface area (Å²) >= 11 is 0. The highest BCUT2D eigenvalue weighted by molar-refractivity contribution is 6.14. The van der Waals surface area contributed by atoms with Gasteiger partial charge in [-0.25, -0.2) is 0 Å². The van der Waals surface area contributed by atoms with Crippen LogP contribution in [0.5, 0.6) is 0 Å². The first-order valence-electron chi connectivity index (χ1n) is 5.72. The van der Waals surface area contributed by atoms with Gasteiger partial charge in [0.05, 0.1) is 5.71 Å². The van der Waals surface area contributed by atoms with Crippen LogP contribution in [0.2, 0.25) is 0 Å². The van der Waals surface area contributed by atoms with Gasteiger partial charge in [-0.2, -0.15) is 0 Å². The van der Waals surface area contributed by atoms with Crippen LogP contribution >= 0.6 is 0 Å². The maximum Gasteiger partial charge on any atom is 0.0668 e. The summed E-state index contributed by atoms with van der Waals surface area (Å²) in [4.78, 5) is 4.29. The van der Waals surface area contributed by atoms with E-state index in [0.29, 0.717) is 0 Å². The Hall–Kier alpha value is -1.63.